The summed E-state index contributed by atoms with van der Waals surface area (Å²) in [5, 5.41) is 6.13. The van der Waals surface area contributed by atoms with E-state index in [1.165, 1.54) is 12.8 Å². The zero-order valence-corrected chi connectivity index (χ0v) is 11.5. The van der Waals surface area contributed by atoms with Crippen molar-refractivity contribution < 1.29 is 14.3 Å². The van der Waals surface area contributed by atoms with E-state index in [0.717, 1.165) is 11.4 Å². The lowest BCUT2D eigenvalue weighted by molar-refractivity contribution is -0.117. The number of carbonyl (C=O) groups excluding carboxylic acids is 1. The molecule has 6 heteroatoms. The Morgan fingerprint density at radius 3 is 2.79 bits per heavy atom. The Kier molecular flexibility index (Phi) is 4.17. The largest absolute Gasteiger partial charge is 0.454 e. The maximum Gasteiger partial charge on any atom is 0.241 e. The van der Waals surface area contributed by atoms with Crippen molar-refractivity contribution >= 4 is 24.0 Å². The average Bonchev–Trinajstić information content (AvgIpc) is 3.05. The van der Waals surface area contributed by atoms with Crippen LogP contribution >= 0.6 is 12.4 Å². The zero-order chi connectivity index (χ0) is 12.5. The second-order valence-corrected chi connectivity index (χ2v) is 4.72. The zero-order valence-electron chi connectivity index (χ0n) is 10.6. The molecule has 5 nitrogen and oxygen atoms in total. The first-order valence-corrected chi connectivity index (χ1v) is 6.19. The number of anilines is 1. The third-order valence-corrected chi connectivity index (χ3v) is 3.10. The van der Waals surface area contributed by atoms with Crippen molar-refractivity contribution in [1.29, 1.82) is 0 Å². The number of fused-ring (bicyclic) bond motifs is 1. The van der Waals surface area contributed by atoms with Crippen molar-refractivity contribution in [2.75, 3.05) is 12.1 Å². The molecule has 0 radical (unpaired) electrons. The molecule has 19 heavy (non-hydrogen) atoms. The second-order valence-electron chi connectivity index (χ2n) is 4.72. The summed E-state index contributed by atoms with van der Waals surface area (Å²) in [7, 11) is 0. The van der Waals surface area contributed by atoms with Crippen LogP contribution in [-0.2, 0) is 4.79 Å². The maximum atomic E-state index is 11.9. The molecule has 1 aromatic carbocycles. The van der Waals surface area contributed by atoms with Gasteiger partial charge in [0.05, 0.1) is 6.04 Å². The van der Waals surface area contributed by atoms with Crippen LogP contribution in [0.3, 0.4) is 0 Å². The average molecular weight is 285 g/mol. The molecule has 1 unspecified atom stereocenters. The molecule has 0 saturated heterocycles. The second kappa shape index (κ2) is 5.67. The maximum absolute atomic E-state index is 11.9. The fraction of sp³-hybridized carbons (Fsp3) is 0.462. The summed E-state index contributed by atoms with van der Waals surface area (Å²) >= 11 is 0. The van der Waals surface area contributed by atoms with E-state index in [0.29, 0.717) is 11.8 Å². The van der Waals surface area contributed by atoms with Crippen LogP contribution in [0.15, 0.2) is 18.2 Å². The first-order valence-electron chi connectivity index (χ1n) is 6.19. The fourth-order valence-corrected chi connectivity index (χ4v) is 1.90. The lowest BCUT2D eigenvalue weighted by atomic mass is 10.2. The molecule has 104 valence electrons. The van der Waals surface area contributed by atoms with Crippen molar-refractivity contribution in [2.24, 2.45) is 0 Å². The molecule has 1 aromatic rings. The number of ether oxygens (including phenoxy) is 2. The van der Waals surface area contributed by atoms with E-state index >= 15 is 0 Å². The van der Waals surface area contributed by atoms with Gasteiger partial charge in [0.25, 0.3) is 0 Å². The van der Waals surface area contributed by atoms with Gasteiger partial charge in [-0.05, 0) is 31.9 Å². The van der Waals surface area contributed by atoms with E-state index in [2.05, 4.69) is 10.6 Å². The first kappa shape index (κ1) is 14.0. The predicted octanol–water partition coefficient (Wildman–Crippen LogP) is 1.92. The quantitative estimate of drug-likeness (QED) is 0.887. The molecule has 1 aliphatic heterocycles. The van der Waals surface area contributed by atoms with Crippen LogP contribution in [0, 0.1) is 0 Å². The standard InChI is InChI=1S/C13H16N2O3.ClH/c1-8(14-9-2-3-9)13(16)15-10-4-5-11-12(6-10)18-7-17-11;/h4-6,8-9,14H,2-3,7H2,1H3,(H,15,16);1H. The number of nitrogens with one attached hydrogen (secondary N) is 2. The smallest absolute Gasteiger partial charge is 0.241 e. The number of hydrogen-bond donors (Lipinski definition) is 2. The monoisotopic (exact) mass is 284 g/mol. The van der Waals surface area contributed by atoms with Gasteiger partial charge in [0.1, 0.15) is 0 Å². The normalized spacial score (nSPS) is 17.5. The third kappa shape index (κ3) is 3.30. The lowest BCUT2D eigenvalue weighted by Gasteiger charge is -2.13. The van der Waals surface area contributed by atoms with E-state index < -0.39 is 0 Å². The van der Waals surface area contributed by atoms with Crippen molar-refractivity contribution in [3.63, 3.8) is 0 Å². The molecule has 1 fully saturated rings. The predicted molar refractivity (Wildman–Crippen MR) is 74.1 cm³/mol. The molecule has 0 aromatic heterocycles. The number of halogens is 1. The molecule has 1 heterocycles. The topological polar surface area (TPSA) is 59.6 Å². The number of hydrogen-bond acceptors (Lipinski definition) is 4. The Hall–Kier alpha value is -1.46. The van der Waals surface area contributed by atoms with Crippen molar-refractivity contribution in [3.05, 3.63) is 18.2 Å². The number of rotatable bonds is 4. The van der Waals surface area contributed by atoms with Gasteiger partial charge in [-0.3, -0.25) is 4.79 Å². The van der Waals surface area contributed by atoms with Crippen LogP contribution in [-0.4, -0.2) is 24.8 Å². The molecule has 1 saturated carbocycles. The van der Waals surface area contributed by atoms with E-state index in [1.807, 2.05) is 13.0 Å². The van der Waals surface area contributed by atoms with Crippen LogP contribution < -0.4 is 20.1 Å². The SMILES string of the molecule is CC(NC1CC1)C(=O)Nc1ccc2c(c1)OCO2.Cl. The van der Waals surface area contributed by atoms with Gasteiger partial charge in [-0.1, -0.05) is 0 Å². The Morgan fingerprint density at radius 2 is 2.05 bits per heavy atom. The minimum Gasteiger partial charge on any atom is -0.454 e. The molecule has 0 spiro atoms. The molecule has 2 N–H and O–H groups in total. The van der Waals surface area contributed by atoms with Gasteiger partial charge in [-0.25, -0.2) is 0 Å². The summed E-state index contributed by atoms with van der Waals surface area (Å²) in [5.41, 5.74) is 0.730. The summed E-state index contributed by atoms with van der Waals surface area (Å²) in [6.45, 7) is 2.12. The summed E-state index contributed by atoms with van der Waals surface area (Å²) in [6.07, 6.45) is 2.34. The van der Waals surface area contributed by atoms with Crippen LogP contribution in [0.2, 0.25) is 0 Å². The van der Waals surface area contributed by atoms with E-state index in [1.54, 1.807) is 12.1 Å². The number of amides is 1. The third-order valence-electron chi connectivity index (χ3n) is 3.10. The molecule has 1 amide bonds. The van der Waals surface area contributed by atoms with Crippen LogP contribution in [0.5, 0.6) is 11.5 Å². The lowest BCUT2D eigenvalue weighted by Crippen LogP contribution is -2.39. The molecule has 1 atom stereocenters. The van der Waals surface area contributed by atoms with E-state index in [4.69, 9.17) is 9.47 Å². The van der Waals surface area contributed by atoms with Crippen LogP contribution in [0.25, 0.3) is 0 Å². The molecule has 1 aliphatic carbocycles. The highest BCUT2D eigenvalue weighted by atomic mass is 35.5. The Morgan fingerprint density at radius 1 is 1.32 bits per heavy atom. The Balaban J connectivity index is 0.00000133. The minimum atomic E-state index is -0.178. The van der Waals surface area contributed by atoms with E-state index in [9.17, 15) is 4.79 Å². The highest BCUT2D eigenvalue weighted by Crippen LogP contribution is 2.34. The number of carbonyl (C=O) groups is 1. The van der Waals surface area contributed by atoms with Gasteiger partial charge in [0.2, 0.25) is 12.7 Å². The number of benzene rings is 1. The summed E-state index contributed by atoms with van der Waals surface area (Å²) in [6, 6.07) is 5.74. The fourth-order valence-electron chi connectivity index (χ4n) is 1.90. The Bertz CT molecular complexity index is 477. The highest BCUT2D eigenvalue weighted by molar-refractivity contribution is 5.94. The van der Waals surface area contributed by atoms with Gasteiger partial charge in [0.15, 0.2) is 11.5 Å². The molecular formula is C13H17ClN2O3. The summed E-state index contributed by atoms with van der Waals surface area (Å²) in [4.78, 5) is 11.9. The van der Waals surface area contributed by atoms with Crippen LogP contribution in [0.4, 0.5) is 5.69 Å². The molecule has 0 bridgehead atoms. The van der Waals surface area contributed by atoms with Crippen molar-refractivity contribution in [3.8, 4) is 11.5 Å². The van der Waals surface area contributed by atoms with Gasteiger partial charge >= 0.3 is 0 Å². The first-order chi connectivity index (χ1) is 8.72. The van der Waals surface area contributed by atoms with Crippen LogP contribution in [0.1, 0.15) is 19.8 Å². The Labute approximate surface area is 118 Å². The highest BCUT2D eigenvalue weighted by Gasteiger charge is 2.25. The van der Waals surface area contributed by atoms with Gasteiger partial charge < -0.3 is 20.1 Å². The van der Waals surface area contributed by atoms with Gasteiger partial charge in [-0.2, -0.15) is 0 Å². The van der Waals surface area contributed by atoms with Crippen molar-refractivity contribution in [2.45, 2.75) is 31.8 Å². The minimum absolute atomic E-state index is 0. The molecular weight excluding hydrogens is 268 g/mol. The van der Waals surface area contributed by atoms with E-state index in [-0.39, 0.29) is 31.1 Å². The molecule has 3 rings (SSSR count). The summed E-state index contributed by atoms with van der Waals surface area (Å²) in [5.74, 6) is 1.37. The van der Waals surface area contributed by atoms with Crippen molar-refractivity contribution in [1.82, 2.24) is 5.32 Å². The van der Waals surface area contributed by atoms with Gasteiger partial charge in [-0.15, -0.1) is 12.4 Å². The summed E-state index contributed by atoms with van der Waals surface area (Å²) < 4.78 is 10.5. The molecule has 2 aliphatic rings. The van der Waals surface area contributed by atoms with Gasteiger partial charge in [0, 0.05) is 17.8 Å².